The fourth-order valence-corrected chi connectivity index (χ4v) is 4.68. The maximum absolute atomic E-state index is 13.8. The average Bonchev–Trinajstić information content (AvgIpc) is 2.71. The number of sulfone groups is 1. The summed E-state index contributed by atoms with van der Waals surface area (Å²) in [6, 6.07) is 4.74. The fraction of sp³-hybridized carbons (Fsp3) is 0.538. The van der Waals surface area contributed by atoms with Crippen molar-refractivity contribution < 1.29 is 17.9 Å². The van der Waals surface area contributed by atoms with Crippen molar-refractivity contribution >= 4 is 21.4 Å². The molecule has 0 radical (unpaired) electrons. The summed E-state index contributed by atoms with van der Waals surface area (Å²) >= 11 is 5.71. The molecule has 1 heterocycles. The summed E-state index contributed by atoms with van der Waals surface area (Å²) in [5.41, 5.74) is 0.427. The molecule has 1 saturated heterocycles. The summed E-state index contributed by atoms with van der Waals surface area (Å²) in [4.78, 5) is 0. The van der Waals surface area contributed by atoms with Gasteiger partial charge in [0.2, 0.25) is 0 Å². The highest BCUT2D eigenvalue weighted by atomic mass is 35.5. The van der Waals surface area contributed by atoms with E-state index in [-0.39, 0.29) is 35.0 Å². The fourth-order valence-electron chi connectivity index (χ4n) is 2.56. The van der Waals surface area contributed by atoms with Crippen LogP contribution in [0, 0.1) is 17.7 Å². The smallest absolute Gasteiger partial charge is 0.150 e. The predicted molar refractivity (Wildman–Crippen MR) is 72.5 cm³/mol. The van der Waals surface area contributed by atoms with Crippen LogP contribution in [-0.2, 0) is 16.3 Å². The number of aliphatic hydroxyl groups is 1. The van der Waals surface area contributed by atoms with Crippen LogP contribution in [-0.4, -0.2) is 31.6 Å². The lowest BCUT2D eigenvalue weighted by molar-refractivity contribution is 0.183. The lowest BCUT2D eigenvalue weighted by Crippen LogP contribution is -2.22. The maximum atomic E-state index is 13.8. The second-order valence-electron chi connectivity index (χ2n) is 5.02. The molecular formula is C13H16ClFO3S. The van der Waals surface area contributed by atoms with Crippen molar-refractivity contribution in [3.8, 4) is 0 Å². The molecule has 1 aromatic carbocycles. The molecule has 1 N–H and O–H groups in total. The Balaban J connectivity index is 2.14. The maximum Gasteiger partial charge on any atom is 0.150 e. The van der Waals surface area contributed by atoms with Gasteiger partial charge in [0, 0.05) is 6.61 Å². The van der Waals surface area contributed by atoms with Crippen LogP contribution in [0.25, 0.3) is 0 Å². The van der Waals surface area contributed by atoms with E-state index in [2.05, 4.69) is 0 Å². The molecule has 2 unspecified atom stereocenters. The van der Waals surface area contributed by atoms with Gasteiger partial charge in [-0.05, 0) is 36.3 Å². The van der Waals surface area contributed by atoms with Gasteiger partial charge in [-0.2, -0.15) is 0 Å². The summed E-state index contributed by atoms with van der Waals surface area (Å²) < 4.78 is 36.7. The molecule has 1 aliphatic rings. The minimum Gasteiger partial charge on any atom is -0.396 e. The van der Waals surface area contributed by atoms with Crippen LogP contribution < -0.4 is 0 Å². The topological polar surface area (TPSA) is 54.4 Å². The van der Waals surface area contributed by atoms with Gasteiger partial charge in [-0.15, -0.1) is 0 Å². The first-order valence-electron chi connectivity index (χ1n) is 6.17. The van der Waals surface area contributed by atoms with E-state index in [0.717, 1.165) is 0 Å². The Labute approximate surface area is 117 Å². The van der Waals surface area contributed by atoms with E-state index in [4.69, 9.17) is 11.6 Å². The van der Waals surface area contributed by atoms with Crippen molar-refractivity contribution in [2.75, 3.05) is 18.1 Å². The van der Waals surface area contributed by atoms with Crippen LogP contribution >= 0.6 is 11.6 Å². The molecule has 19 heavy (non-hydrogen) atoms. The SMILES string of the molecule is O=S1(=O)CCC(C(CO)Cc2cccc(Cl)c2F)C1. The van der Waals surface area contributed by atoms with E-state index < -0.39 is 15.7 Å². The number of hydrogen-bond donors (Lipinski definition) is 1. The van der Waals surface area contributed by atoms with Gasteiger partial charge in [-0.3, -0.25) is 0 Å². The Bertz CT molecular complexity index is 559. The highest BCUT2D eigenvalue weighted by molar-refractivity contribution is 7.91. The first kappa shape index (κ1) is 14.8. The average molecular weight is 307 g/mol. The normalized spacial score (nSPS) is 23.4. The summed E-state index contributed by atoms with van der Waals surface area (Å²) in [6.45, 7) is -0.147. The zero-order chi connectivity index (χ0) is 14.0. The van der Waals surface area contributed by atoms with E-state index >= 15 is 0 Å². The summed E-state index contributed by atoms with van der Waals surface area (Å²) in [7, 11) is -2.99. The molecule has 3 nitrogen and oxygen atoms in total. The Hall–Kier alpha value is -0.650. The van der Waals surface area contributed by atoms with Crippen molar-refractivity contribution in [3.63, 3.8) is 0 Å². The third-order valence-electron chi connectivity index (χ3n) is 3.68. The molecule has 0 aliphatic carbocycles. The lowest BCUT2D eigenvalue weighted by Gasteiger charge is -2.20. The largest absolute Gasteiger partial charge is 0.396 e. The van der Waals surface area contributed by atoms with E-state index in [1.54, 1.807) is 12.1 Å². The van der Waals surface area contributed by atoms with E-state index in [0.29, 0.717) is 18.4 Å². The molecule has 1 aromatic rings. The second kappa shape index (κ2) is 5.77. The first-order chi connectivity index (χ1) is 8.93. The summed E-state index contributed by atoms with van der Waals surface area (Å²) in [6.07, 6.45) is 0.846. The van der Waals surface area contributed by atoms with Crippen LogP contribution in [0.3, 0.4) is 0 Å². The Kier molecular flexibility index (Phi) is 4.48. The van der Waals surface area contributed by atoms with Gasteiger partial charge in [-0.25, -0.2) is 12.8 Å². The van der Waals surface area contributed by atoms with Crippen molar-refractivity contribution in [2.45, 2.75) is 12.8 Å². The second-order valence-corrected chi connectivity index (χ2v) is 7.66. The number of benzene rings is 1. The quantitative estimate of drug-likeness (QED) is 0.926. The van der Waals surface area contributed by atoms with Gasteiger partial charge in [0.25, 0.3) is 0 Å². The highest BCUT2D eigenvalue weighted by Gasteiger charge is 2.33. The first-order valence-corrected chi connectivity index (χ1v) is 8.37. The third-order valence-corrected chi connectivity index (χ3v) is 5.77. The van der Waals surface area contributed by atoms with Gasteiger partial charge in [-0.1, -0.05) is 23.7 Å². The molecule has 1 fully saturated rings. The monoisotopic (exact) mass is 306 g/mol. The highest BCUT2D eigenvalue weighted by Crippen LogP contribution is 2.30. The van der Waals surface area contributed by atoms with Crippen LogP contribution in [0.1, 0.15) is 12.0 Å². The third kappa shape index (κ3) is 3.46. The van der Waals surface area contributed by atoms with E-state index in [1.165, 1.54) is 6.07 Å². The Morgan fingerprint density at radius 1 is 1.47 bits per heavy atom. The van der Waals surface area contributed by atoms with Crippen molar-refractivity contribution in [1.29, 1.82) is 0 Å². The standard InChI is InChI=1S/C13H16ClFO3S/c14-12-3-1-2-9(13(12)15)6-11(7-16)10-4-5-19(17,18)8-10/h1-3,10-11,16H,4-8H2. The number of halogens is 2. The van der Waals surface area contributed by atoms with Crippen molar-refractivity contribution in [2.24, 2.45) is 11.8 Å². The molecule has 0 amide bonds. The Morgan fingerprint density at radius 3 is 2.79 bits per heavy atom. The lowest BCUT2D eigenvalue weighted by atomic mass is 9.87. The summed E-state index contributed by atoms with van der Waals surface area (Å²) in [5.74, 6) is -0.589. The minimum atomic E-state index is -2.99. The molecule has 0 bridgehead atoms. The number of rotatable bonds is 4. The zero-order valence-electron chi connectivity index (χ0n) is 10.4. The van der Waals surface area contributed by atoms with Crippen LogP contribution in [0.4, 0.5) is 4.39 Å². The van der Waals surface area contributed by atoms with Crippen LogP contribution in [0.15, 0.2) is 18.2 Å². The predicted octanol–water partition coefficient (Wildman–Crippen LogP) is 2.06. The van der Waals surface area contributed by atoms with Crippen LogP contribution in [0.5, 0.6) is 0 Å². The molecule has 6 heteroatoms. The number of hydrogen-bond acceptors (Lipinski definition) is 3. The van der Waals surface area contributed by atoms with Crippen molar-refractivity contribution in [3.05, 3.63) is 34.6 Å². The molecule has 0 spiro atoms. The zero-order valence-corrected chi connectivity index (χ0v) is 11.9. The van der Waals surface area contributed by atoms with Gasteiger partial charge in [0.1, 0.15) is 5.82 Å². The Morgan fingerprint density at radius 2 is 2.21 bits per heavy atom. The van der Waals surface area contributed by atoms with Gasteiger partial charge in [0.05, 0.1) is 16.5 Å². The molecule has 1 aliphatic heterocycles. The van der Waals surface area contributed by atoms with Crippen molar-refractivity contribution in [1.82, 2.24) is 0 Å². The van der Waals surface area contributed by atoms with E-state index in [9.17, 15) is 17.9 Å². The van der Waals surface area contributed by atoms with Gasteiger partial charge >= 0.3 is 0 Å². The summed E-state index contributed by atoms with van der Waals surface area (Å²) in [5, 5.41) is 9.48. The van der Waals surface area contributed by atoms with Crippen LogP contribution in [0.2, 0.25) is 5.02 Å². The molecule has 2 rings (SSSR count). The minimum absolute atomic E-state index is 0.0493. The molecular weight excluding hydrogens is 291 g/mol. The molecule has 106 valence electrons. The molecule has 2 atom stereocenters. The molecule has 0 saturated carbocycles. The molecule has 0 aromatic heterocycles. The number of aliphatic hydroxyl groups excluding tert-OH is 1. The van der Waals surface area contributed by atoms with Gasteiger partial charge in [0.15, 0.2) is 9.84 Å². The van der Waals surface area contributed by atoms with E-state index in [1.807, 2.05) is 0 Å². The van der Waals surface area contributed by atoms with Gasteiger partial charge < -0.3 is 5.11 Å².